The van der Waals surface area contributed by atoms with E-state index in [4.69, 9.17) is 10.8 Å². The van der Waals surface area contributed by atoms with Crippen molar-refractivity contribution in [3.05, 3.63) is 5.56 Å². The van der Waals surface area contributed by atoms with Gasteiger partial charge in [-0.1, -0.05) is 13.8 Å². The Morgan fingerprint density at radius 2 is 2.25 bits per heavy atom. The highest BCUT2D eigenvalue weighted by atomic mass is 32.2. The van der Waals surface area contributed by atoms with E-state index in [1.807, 2.05) is 20.8 Å². The van der Waals surface area contributed by atoms with Crippen LogP contribution < -0.4 is 5.73 Å². The van der Waals surface area contributed by atoms with Crippen LogP contribution >= 0.6 is 11.8 Å². The van der Waals surface area contributed by atoms with Crippen molar-refractivity contribution in [2.45, 2.75) is 38.3 Å². The van der Waals surface area contributed by atoms with Gasteiger partial charge in [0.15, 0.2) is 0 Å². The fraction of sp³-hybridized carbons (Fsp3) is 0.600. The van der Waals surface area contributed by atoms with E-state index in [-0.39, 0.29) is 17.4 Å². The zero-order valence-corrected chi connectivity index (χ0v) is 10.5. The molecular weight excluding hydrogens is 226 g/mol. The summed E-state index contributed by atoms with van der Waals surface area (Å²) in [5.41, 5.74) is 5.95. The van der Waals surface area contributed by atoms with Gasteiger partial charge in [-0.2, -0.15) is 5.10 Å². The fourth-order valence-corrected chi connectivity index (χ4v) is 2.13. The predicted octanol–water partition coefficient (Wildman–Crippen LogP) is 2.25. The van der Waals surface area contributed by atoms with Gasteiger partial charge >= 0.3 is 5.97 Å². The van der Waals surface area contributed by atoms with Gasteiger partial charge in [-0.05, 0) is 19.1 Å². The number of thioether (sulfide) groups is 1. The summed E-state index contributed by atoms with van der Waals surface area (Å²) in [5.74, 6) is 0.0119. The molecule has 0 saturated heterocycles. The summed E-state index contributed by atoms with van der Waals surface area (Å²) in [4.78, 5) is 11.1. The van der Waals surface area contributed by atoms with Gasteiger partial charge in [-0.15, -0.1) is 11.8 Å². The van der Waals surface area contributed by atoms with Gasteiger partial charge in [0, 0.05) is 0 Å². The third kappa shape index (κ3) is 2.32. The van der Waals surface area contributed by atoms with Crippen molar-refractivity contribution in [1.29, 1.82) is 0 Å². The lowest BCUT2D eigenvalue weighted by Gasteiger charge is -2.10. The summed E-state index contributed by atoms with van der Waals surface area (Å²) >= 11 is 1.40. The molecule has 0 radical (unpaired) electrons. The topological polar surface area (TPSA) is 81.1 Å². The minimum Gasteiger partial charge on any atom is -0.477 e. The van der Waals surface area contributed by atoms with E-state index in [2.05, 4.69) is 5.10 Å². The van der Waals surface area contributed by atoms with Crippen molar-refractivity contribution >= 4 is 23.5 Å². The number of nitrogens with zero attached hydrogens (tertiary/aromatic N) is 2. The van der Waals surface area contributed by atoms with Crippen LogP contribution in [0.25, 0.3) is 0 Å². The van der Waals surface area contributed by atoms with Crippen molar-refractivity contribution in [2.75, 3.05) is 11.5 Å². The zero-order chi connectivity index (χ0) is 12.3. The number of aromatic carboxylic acids is 1. The Kier molecular flexibility index (Phi) is 4.23. The third-order valence-corrected chi connectivity index (χ3v) is 3.27. The highest BCUT2D eigenvalue weighted by Gasteiger charge is 2.23. The molecule has 0 aliphatic rings. The first-order valence-electron chi connectivity index (χ1n) is 5.26. The highest BCUT2D eigenvalue weighted by Crippen LogP contribution is 2.29. The summed E-state index contributed by atoms with van der Waals surface area (Å²) in [6, 6.07) is 0.115. The molecule has 0 spiro atoms. The van der Waals surface area contributed by atoms with E-state index >= 15 is 0 Å². The van der Waals surface area contributed by atoms with Crippen LogP contribution in [0.3, 0.4) is 0 Å². The molecule has 0 bridgehead atoms. The minimum atomic E-state index is -1.01. The molecule has 0 aliphatic carbocycles. The second-order valence-electron chi connectivity index (χ2n) is 3.51. The van der Waals surface area contributed by atoms with Crippen LogP contribution in [0.2, 0.25) is 0 Å². The molecule has 0 aliphatic heterocycles. The van der Waals surface area contributed by atoms with Crippen molar-refractivity contribution in [2.24, 2.45) is 0 Å². The summed E-state index contributed by atoms with van der Waals surface area (Å²) in [7, 11) is 0. The van der Waals surface area contributed by atoms with Gasteiger partial charge in [0.25, 0.3) is 0 Å². The lowest BCUT2D eigenvalue weighted by molar-refractivity contribution is 0.0694. The van der Waals surface area contributed by atoms with Crippen LogP contribution in [0.5, 0.6) is 0 Å². The Labute approximate surface area is 99.0 Å². The maximum Gasteiger partial charge on any atom is 0.342 e. The summed E-state index contributed by atoms with van der Waals surface area (Å²) in [6.45, 7) is 5.93. The Morgan fingerprint density at radius 1 is 1.62 bits per heavy atom. The maximum absolute atomic E-state index is 11.1. The van der Waals surface area contributed by atoms with E-state index in [1.165, 1.54) is 11.8 Å². The second kappa shape index (κ2) is 5.25. The number of carboxylic acids is 1. The number of rotatable bonds is 5. The number of hydrogen-bond donors (Lipinski definition) is 2. The largest absolute Gasteiger partial charge is 0.477 e. The van der Waals surface area contributed by atoms with Crippen molar-refractivity contribution in [3.63, 3.8) is 0 Å². The van der Waals surface area contributed by atoms with Gasteiger partial charge in [-0.3, -0.25) is 0 Å². The quantitative estimate of drug-likeness (QED) is 0.775. The van der Waals surface area contributed by atoms with Crippen LogP contribution in [-0.4, -0.2) is 26.6 Å². The molecule has 1 rings (SSSR count). The van der Waals surface area contributed by atoms with Crippen LogP contribution in [0.1, 0.15) is 43.6 Å². The molecule has 90 valence electrons. The number of anilines is 1. The molecule has 1 aromatic heterocycles. The molecule has 3 N–H and O–H groups in total. The van der Waals surface area contributed by atoms with Gasteiger partial charge in [0.1, 0.15) is 16.4 Å². The van der Waals surface area contributed by atoms with E-state index < -0.39 is 5.97 Å². The third-order valence-electron chi connectivity index (χ3n) is 2.42. The summed E-state index contributed by atoms with van der Waals surface area (Å²) < 4.78 is 1.60. The average Bonchev–Trinajstić information content (AvgIpc) is 2.55. The summed E-state index contributed by atoms with van der Waals surface area (Å²) in [6.07, 6.45) is 0.862. The number of nitrogens with two attached hydrogens (primary N) is 1. The molecule has 0 saturated carbocycles. The van der Waals surface area contributed by atoms with Crippen molar-refractivity contribution in [3.8, 4) is 0 Å². The number of aromatic nitrogens is 2. The molecule has 5 nitrogen and oxygen atoms in total. The lowest BCUT2D eigenvalue weighted by Crippen LogP contribution is -2.10. The van der Waals surface area contributed by atoms with Crippen LogP contribution in [0, 0.1) is 0 Å². The van der Waals surface area contributed by atoms with Gasteiger partial charge < -0.3 is 10.8 Å². The first kappa shape index (κ1) is 12.9. The first-order valence-corrected chi connectivity index (χ1v) is 6.25. The molecule has 1 aromatic rings. The van der Waals surface area contributed by atoms with Gasteiger partial charge in [0.2, 0.25) is 0 Å². The zero-order valence-electron chi connectivity index (χ0n) is 9.73. The molecule has 1 heterocycles. The minimum absolute atomic E-state index is 0.115. The second-order valence-corrected chi connectivity index (χ2v) is 4.76. The van der Waals surface area contributed by atoms with Gasteiger partial charge in [0.05, 0.1) is 6.04 Å². The molecular formula is C10H17N3O2S. The average molecular weight is 243 g/mol. The van der Waals surface area contributed by atoms with E-state index in [0.29, 0.717) is 5.03 Å². The number of nitrogen functional groups attached to an aromatic ring is 1. The maximum atomic E-state index is 11.1. The smallest absolute Gasteiger partial charge is 0.342 e. The van der Waals surface area contributed by atoms with Crippen molar-refractivity contribution < 1.29 is 9.90 Å². The van der Waals surface area contributed by atoms with Crippen LogP contribution in [-0.2, 0) is 0 Å². The van der Waals surface area contributed by atoms with Gasteiger partial charge in [-0.25, -0.2) is 9.48 Å². The van der Waals surface area contributed by atoms with Crippen molar-refractivity contribution in [1.82, 2.24) is 9.78 Å². The lowest BCUT2D eigenvalue weighted by atomic mass is 10.2. The molecule has 16 heavy (non-hydrogen) atoms. The van der Waals surface area contributed by atoms with E-state index in [9.17, 15) is 4.79 Å². The summed E-state index contributed by atoms with van der Waals surface area (Å²) in [5, 5.41) is 13.9. The predicted molar refractivity (Wildman–Crippen MR) is 65.0 cm³/mol. The monoisotopic (exact) mass is 243 g/mol. The molecule has 0 aromatic carbocycles. The Bertz CT molecular complexity index is 390. The highest BCUT2D eigenvalue weighted by molar-refractivity contribution is 7.99. The molecule has 6 heteroatoms. The standard InChI is InChI=1S/C10H17N3O2S/c1-4-6(3)13-8(11)7(10(14)15)9(12-13)16-5-2/h6H,4-5,11H2,1-3H3,(H,14,15). The Hall–Kier alpha value is -1.17. The Morgan fingerprint density at radius 3 is 2.69 bits per heavy atom. The van der Waals surface area contributed by atoms with E-state index in [1.54, 1.807) is 4.68 Å². The molecule has 0 fully saturated rings. The van der Waals surface area contributed by atoms with Crippen LogP contribution in [0.4, 0.5) is 5.82 Å². The molecule has 1 atom stereocenters. The number of carbonyl (C=O) groups is 1. The number of carboxylic acid groups (broad SMARTS) is 1. The number of hydrogen-bond acceptors (Lipinski definition) is 4. The van der Waals surface area contributed by atoms with E-state index in [0.717, 1.165) is 12.2 Å². The van der Waals surface area contributed by atoms with Crippen LogP contribution in [0.15, 0.2) is 5.03 Å². The normalized spacial score (nSPS) is 12.7. The Balaban J connectivity index is 3.23. The first-order chi connectivity index (χ1) is 7.52. The fourth-order valence-electron chi connectivity index (χ4n) is 1.37. The molecule has 0 amide bonds. The SMILES string of the molecule is CCSc1nn(C(C)CC)c(N)c1C(=O)O. The molecule has 1 unspecified atom stereocenters.